The highest BCUT2D eigenvalue weighted by Crippen LogP contribution is 2.65. The molecule has 1 saturated heterocycles. The Morgan fingerprint density at radius 1 is 1.05 bits per heavy atom. The lowest BCUT2D eigenvalue weighted by molar-refractivity contribution is -0.124. The maximum Gasteiger partial charge on any atom is 0.238 e. The molecular weight excluding hydrogens is 298 g/mol. The minimum Gasteiger partial charge on any atom is -0.274 e. The van der Waals surface area contributed by atoms with E-state index in [0.717, 1.165) is 5.56 Å². The van der Waals surface area contributed by atoms with Crippen LogP contribution in [0.5, 0.6) is 0 Å². The van der Waals surface area contributed by atoms with Crippen molar-refractivity contribution in [2.45, 2.75) is 13.3 Å². The molecule has 5 aliphatic rings. The van der Waals surface area contributed by atoms with Crippen molar-refractivity contribution in [3.8, 4) is 0 Å². The maximum atomic E-state index is 13.0. The van der Waals surface area contributed by atoms with Crippen LogP contribution in [-0.4, -0.2) is 11.8 Å². The van der Waals surface area contributed by atoms with Gasteiger partial charge in [-0.05, 0) is 54.7 Å². The molecule has 2 saturated carbocycles. The number of hydrogen-bond donors (Lipinski definition) is 0. The van der Waals surface area contributed by atoms with Crippen LogP contribution in [-0.2, 0) is 9.59 Å². The van der Waals surface area contributed by atoms with Crippen LogP contribution < -0.4 is 4.90 Å². The van der Waals surface area contributed by atoms with Gasteiger partial charge in [-0.1, -0.05) is 29.8 Å². The smallest absolute Gasteiger partial charge is 0.238 e. The molecule has 112 valence electrons. The van der Waals surface area contributed by atoms with Crippen molar-refractivity contribution in [2.24, 2.45) is 35.5 Å². The van der Waals surface area contributed by atoms with Crippen LogP contribution >= 0.6 is 11.6 Å². The molecule has 2 bridgehead atoms. The molecule has 6 rings (SSSR count). The zero-order valence-electron chi connectivity index (χ0n) is 12.2. The molecule has 2 amide bonds. The lowest BCUT2D eigenvalue weighted by atomic mass is 9.63. The van der Waals surface area contributed by atoms with Crippen LogP contribution in [0.1, 0.15) is 12.0 Å². The number of halogens is 1. The number of carbonyl (C=O) groups is 2. The van der Waals surface area contributed by atoms with Gasteiger partial charge in [-0.2, -0.15) is 0 Å². The molecule has 1 aromatic carbocycles. The minimum atomic E-state index is -0.148. The fraction of sp³-hybridized carbons (Fsp3) is 0.444. The van der Waals surface area contributed by atoms with E-state index in [-0.39, 0.29) is 35.5 Å². The Balaban J connectivity index is 1.62. The summed E-state index contributed by atoms with van der Waals surface area (Å²) in [5.41, 5.74) is 1.46. The average Bonchev–Trinajstić information content (AvgIpc) is 3.28. The SMILES string of the molecule is Cc1c(Cl)cccc1N1C(=O)[C@@H]2[C@H]3C=C[C@@H]([C@@H]4C[C@@H]34)[C@@H]2C1=O. The van der Waals surface area contributed by atoms with Gasteiger partial charge in [-0.25, -0.2) is 4.90 Å². The summed E-state index contributed by atoms with van der Waals surface area (Å²) >= 11 is 6.18. The highest BCUT2D eigenvalue weighted by atomic mass is 35.5. The van der Waals surface area contributed by atoms with Gasteiger partial charge < -0.3 is 0 Å². The van der Waals surface area contributed by atoms with E-state index in [2.05, 4.69) is 12.2 Å². The van der Waals surface area contributed by atoms with Crippen molar-refractivity contribution < 1.29 is 9.59 Å². The van der Waals surface area contributed by atoms with Gasteiger partial charge >= 0.3 is 0 Å². The van der Waals surface area contributed by atoms with E-state index in [1.54, 1.807) is 12.1 Å². The second kappa shape index (κ2) is 4.02. The van der Waals surface area contributed by atoms with Crippen LogP contribution in [0.25, 0.3) is 0 Å². The van der Waals surface area contributed by atoms with Crippen molar-refractivity contribution in [1.29, 1.82) is 0 Å². The number of nitrogens with zero attached hydrogens (tertiary/aromatic N) is 1. The van der Waals surface area contributed by atoms with Gasteiger partial charge in [0.25, 0.3) is 0 Å². The fourth-order valence-electron chi connectivity index (χ4n) is 5.03. The first-order chi connectivity index (χ1) is 10.6. The molecule has 4 aliphatic carbocycles. The Morgan fingerprint density at radius 2 is 1.64 bits per heavy atom. The normalized spacial score (nSPS) is 40.9. The number of allylic oxidation sites excluding steroid dienone is 2. The zero-order valence-corrected chi connectivity index (χ0v) is 13.0. The molecule has 0 N–H and O–H groups in total. The molecule has 3 fully saturated rings. The molecule has 4 heteroatoms. The average molecular weight is 314 g/mol. The molecule has 1 heterocycles. The van der Waals surface area contributed by atoms with Gasteiger partial charge in [0.2, 0.25) is 11.8 Å². The summed E-state index contributed by atoms with van der Waals surface area (Å²) in [4.78, 5) is 27.4. The molecule has 22 heavy (non-hydrogen) atoms. The number of anilines is 1. The second-order valence-corrected chi connectivity index (χ2v) is 7.46. The van der Waals surface area contributed by atoms with Gasteiger partial charge in [-0.3, -0.25) is 9.59 Å². The Kier molecular flexibility index (Phi) is 2.35. The van der Waals surface area contributed by atoms with Crippen molar-refractivity contribution in [2.75, 3.05) is 4.90 Å². The lowest BCUT2D eigenvalue weighted by Crippen LogP contribution is -2.40. The second-order valence-electron chi connectivity index (χ2n) is 7.05. The Bertz CT molecular complexity index is 719. The standard InChI is InChI=1S/C18H16ClNO2/c1-8-13(19)3-2-4-14(8)20-17(21)15-9-5-6-10(12-7-11(9)12)16(15)18(20)22/h2-6,9-12,15-16H,7H2,1H3/t9-,10-,11-,12-,15-,16+/m0/s1. The summed E-state index contributed by atoms with van der Waals surface area (Å²) in [6.45, 7) is 1.87. The predicted octanol–water partition coefficient (Wildman–Crippen LogP) is 3.21. The number of rotatable bonds is 1. The first-order valence-electron chi connectivity index (χ1n) is 7.91. The van der Waals surface area contributed by atoms with Crippen LogP contribution in [0.2, 0.25) is 5.02 Å². The van der Waals surface area contributed by atoms with E-state index in [4.69, 9.17) is 11.6 Å². The van der Waals surface area contributed by atoms with E-state index in [1.165, 1.54) is 11.3 Å². The zero-order chi connectivity index (χ0) is 15.2. The first kappa shape index (κ1) is 12.9. The third-order valence-electron chi connectivity index (χ3n) is 6.14. The fourth-order valence-corrected chi connectivity index (χ4v) is 5.20. The van der Waals surface area contributed by atoms with E-state index >= 15 is 0 Å². The Labute approximate surface area is 133 Å². The van der Waals surface area contributed by atoms with Crippen LogP contribution in [0.4, 0.5) is 5.69 Å². The predicted molar refractivity (Wildman–Crippen MR) is 83.4 cm³/mol. The van der Waals surface area contributed by atoms with Gasteiger partial charge in [0, 0.05) is 5.02 Å². The van der Waals surface area contributed by atoms with Gasteiger partial charge in [-0.15, -0.1) is 0 Å². The Morgan fingerprint density at radius 3 is 2.23 bits per heavy atom. The number of hydrogen-bond acceptors (Lipinski definition) is 2. The van der Waals surface area contributed by atoms with E-state index in [9.17, 15) is 9.59 Å². The third-order valence-corrected chi connectivity index (χ3v) is 6.55. The largest absolute Gasteiger partial charge is 0.274 e. The van der Waals surface area contributed by atoms with Crippen molar-refractivity contribution in [3.05, 3.63) is 40.9 Å². The number of carbonyl (C=O) groups excluding carboxylic acids is 2. The van der Waals surface area contributed by atoms with Crippen LogP contribution in [0, 0.1) is 42.4 Å². The summed E-state index contributed by atoms with van der Waals surface area (Å²) in [6, 6.07) is 5.42. The first-order valence-corrected chi connectivity index (χ1v) is 8.28. The summed E-state index contributed by atoms with van der Waals surface area (Å²) < 4.78 is 0. The maximum absolute atomic E-state index is 13.0. The van der Waals surface area contributed by atoms with Crippen molar-refractivity contribution in [3.63, 3.8) is 0 Å². The third kappa shape index (κ3) is 1.38. The summed E-state index contributed by atoms with van der Waals surface area (Å²) in [6.07, 6.45) is 5.57. The highest BCUT2D eigenvalue weighted by Gasteiger charge is 2.67. The molecule has 0 unspecified atom stereocenters. The minimum absolute atomic E-state index is 0.0231. The molecule has 6 atom stereocenters. The van der Waals surface area contributed by atoms with Crippen molar-refractivity contribution in [1.82, 2.24) is 0 Å². The molecule has 0 spiro atoms. The van der Waals surface area contributed by atoms with Crippen molar-refractivity contribution >= 4 is 29.1 Å². The van der Waals surface area contributed by atoms with Crippen LogP contribution in [0.15, 0.2) is 30.4 Å². The lowest BCUT2D eigenvalue weighted by Gasteiger charge is -2.37. The van der Waals surface area contributed by atoms with E-state index in [1.807, 2.05) is 13.0 Å². The number of amides is 2. The van der Waals surface area contributed by atoms with E-state index < -0.39 is 0 Å². The molecule has 1 aliphatic heterocycles. The van der Waals surface area contributed by atoms with Gasteiger partial charge in [0.1, 0.15) is 0 Å². The quantitative estimate of drug-likeness (QED) is 0.590. The molecular formula is C18H16ClNO2. The Hall–Kier alpha value is -1.61. The molecule has 3 nitrogen and oxygen atoms in total. The molecule has 0 radical (unpaired) electrons. The van der Waals surface area contributed by atoms with Gasteiger partial charge in [0.15, 0.2) is 0 Å². The highest BCUT2D eigenvalue weighted by molar-refractivity contribution is 6.32. The monoisotopic (exact) mass is 313 g/mol. The summed E-state index contributed by atoms with van der Waals surface area (Å²) in [7, 11) is 0. The topological polar surface area (TPSA) is 37.4 Å². The number of imide groups is 1. The summed E-state index contributed by atoms with van der Waals surface area (Å²) in [5.74, 6) is 1.45. The van der Waals surface area contributed by atoms with E-state index in [0.29, 0.717) is 22.5 Å². The summed E-state index contributed by atoms with van der Waals surface area (Å²) in [5, 5.41) is 0.594. The molecule has 1 aromatic rings. The van der Waals surface area contributed by atoms with Gasteiger partial charge in [0.05, 0.1) is 17.5 Å². The van der Waals surface area contributed by atoms with Crippen LogP contribution in [0.3, 0.4) is 0 Å². The number of benzene rings is 1. The molecule has 0 aromatic heterocycles.